The molecule has 1 aliphatic carbocycles. The van der Waals surface area contributed by atoms with Gasteiger partial charge in [0.25, 0.3) is 0 Å². The number of nitrogens with one attached hydrogen (secondary N) is 1. The Bertz CT molecular complexity index is 396. The molecule has 1 N–H and O–H groups in total. The molecule has 2 rings (SSSR count). The Morgan fingerprint density at radius 3 is 3.06 bits per heavy atom. The van der Waals surface area contributed by atoms with Crippen LogP contribution in [0.4, 0.5) is 5.69 Å². The van der Waals surface area contributed by atoms with Crippen molar-refractivity contribution in [1.82, 2.24) is 4.98 Å². The quantitative estimate of drug-likeness (QED) is 0.888. The average molecular weight is 247 g/mol. The monoisotopic (exact) mass is 247 g/mol. The molecule has 1 aromatic heterocycles. The molecular weight excluding hydrogens is 230 g/mol. The fourth-order valence-electron chi connectivity index (χ4n) is 2.24. The van der Waals surface area contributed by atoms with Crippen LogP contribution in [-0.2, 0) is 0 Å². The highest BCUT2D eigenvalue weighted by Gasteiger charge is 2.24. The second-order valence-corrected chi connectivity index (χ2v) is 5.85. The topological polar surface area (TPSA) is 48.7 Å². The van der Waals surface area contributed by atoms with Crippen LogP contribution in [0.5, 0.6) is 0 Å². The highest BCUT2D eigenvalue weighted by Crippen LogP contribution is 2.31. The first kappa shape index (κ1) is 12.3. The highest BCUT2D eigenvalue weighted by atomic mass is 32.2. The van der Waals surface area contributed by atoms with E-state index in [0.717, 1.165) is 10.9 Å². The molecule has 0 aliphatic heterocycles. The second-order valence-electron chi connectivity index (χ2n) is 4.28. The summed E-state index contributed by atoms with van der Waals surface area (Å²) in [7, 11) is 0. The third-order valence-electron chi connectivity index (χ3n) is 3.04. The molecule has 1 heterocycles. The highest BCUT2D eigenvalue weighted by molar-refractivity contribution is 7.99. The van der Waals surface area contributed by atoms with Gasteiger partial charge < -0.3 is 5.32 Å². The molecule has 0 saturated heterocycles. The standard InChI is InChI=1S/C13H17N3S/c1-2-17-13-6-5-10(7-13)16-12-4-3-11(8-14)15-9-12/h3-4,9-10,13,16H,2,5-7H2,1H3/t10-,13+/m1/s1. The number of nitrogens with zero attached hydrogens (tertiary/aromatic N) is 2. The summed E-state index contributed by atoms with van der Waals surface area (Å²) in [6.45, 7) is 2.22. The molecule has 0 radical (unpaired) electrons. The Labute approximate surface area is 107 Å². The normalized spacial score (nSPS) is 23.3. The van der Waals surface area contributed by atoms with Crippen LogP contribution in [0, 0.1) is 11.3 Å². The second kappa shape index (κ2) is 5.92. The summed E-state index contributed by atoms with van der Waals surface area (Å²) in [6.07, 6.45) is 5.52. The number of hydrogen-bond donors (Lipinski definition) is 1. The van der Waals surface area contributed by atoms with Crippen LogP contribution >= 0.6 is 11.8 Å². The van der Waals surface area contributed by atoms with Crippen molar-refractivity contribution < 1.29 is 0 Å². The van der Waals surface area contributed by atoms with Gasteiger partial charge in [-0.05, 0) is 37.1 Å². The zero-order valence-electron chi connectivity index (χ0n) is 10.0. The van der Waals surface area contributed by atoms with Gasteiger partial charge >= 0.3 is 0 Å². The third kappa shape index (κ3) is 3.37. The molecule has 1 fully saturated rings. The van der Waals surface area contributed by atoms with Crippen LogP contribution < -0.4 is 5.32 Å². The minimum Gasteiger partial charge on any atom is -0.381 e. The lowest BCUT2D eigenvalue weighted by Crippen LogP contribution is -2.16. The lowest BCUT2D eigenvalue weighted by molar-refractivity contribution is 0.756. The smallest absolute Gasteiger partial charge is 0.140 e. The molecule has 0 aromatic carbocycles. The van der Waals surface area contributed by atoms with Gasteiger partial charge in [-0.3, -0.25) is 0 Å². The minimum absolute atomic E-state index is 0.474. The van der Waals surface area contributed by atoms with Gasteiger partial charge in [0.05, 0.1) is 11.9 Å². The first-order chi connectivity index (χ1) is 8.31. The Morgan fingerprint density at radius 1 is 1.53 bits per heavy atom. The molecule has 1 aromatic rings. The van der Waals surface area contributed by atoms with Crippen LogP contribution in [0.15, 0.2) is 18.3 Å². The fraction of sp³-hybridized carbons (Fsp3) is 0.538. The molecule has 0 unspecified atom stereocenters. The van der Waals surface area contributed by atoms with Gasteiger partial charge in [-0.25, -0.2) is 4.98 Å². The summed E-state index contributed by atoms with van der Waals surface area (Å²) in [4.78, 5) is 4.07. The van der Waals surface area contributed by atoms with Crippen molar-refractivity contribution in [3.63, 3.8) is 0 Å². The number of nitriles is 1. The Balaban J connectivity index is 1.87. The van der Waals surface area contributed by atoms with E-state index >= 15 is 0 Å². The lowest BCUT2D eigenvalue weighted by Gasteiger charge is -2.14. The van der Waals surface area contributed by atoms with Gasteiger partial charge in [-0.1, -0.05) is 6.92 Å². The zero-order chi connectivity index (χ0) is 12.1. The van der Waals surface area contributed by atoms with Crippen molar-refractivity contribution in [2.24, 2.45) is 0 Å². The first-order valence-corrected chi connectivity index (χ1v) is 7.11. The SMILES string of the molecule is CCS[C@H]1CC[C@@H](Nc2ccc(C#N)nc2)C1. The van der Waals surface area contributed by atoms with Gasteiger partial charge in [0.1, 0.15) is 11.8 Å². The molecule has 3 nitrogen and oxygen atoms in total. The van der Waals surface area contributed by atoms with Gasteiger partial charge in [0.15, 0.2) is 0 Å². The molecule has 0 bridgehead atoms. The van der Waals surface area contributed by atoms with E-state index in [0.29, 0.717) is 11.7 Å². The fourth-order valence-corrected chi connectivity index (χ4v) is 3.38. The van der Waals surface area contributed by atoms with Gasteiger partial charge in [0.2, 0.25) is 0 Å². The Morgan fingerprint density at radius 2 is 2.41 bits per heavy atom. The Kier molecular flexibility index (Phi) is 4.27. The number of rotatable bonds is 4. The maximum absolute atomic E-state index is 8.67. The maximum Gasteiger partial charge on any atom is 0.140 e. The van der Waals surface area contributed by atoms with E-state index in [1.54, 1.807) is 12.3 Å². The number of aromatic nitrogens is 1. The average Bonchev–Trinajstić information content (AvgIpc) is 2.78. The van der Waals surface area contributed by atoms with Crippen molar-refractivity contribution in [2.45, 2.75) is 37.5 Å². The molecule has 17 heavy (non-hydrogen) atoms. The lowest BCUT2D eigenvalue weighted by atomic mass is 10.2. The summed E-state index contributed by atoms with van der Waals surface area (Å²) in [6, 6.07) is 6.29. The van der Waals surface area contributed by atoms with Crippen molar-refractivity contribution in [3.8, 4) is 6.07 Å². The largest absolute Gasteiger partial charge is 0.381 e. The molecule has 2 atom stereocenters. The number of hydrogen-bond acceptors (Lipinski definition) is 4. The van der Waals surface area contributed by atoms with E-state index in [1.165, 1.54) is 25.0 Å². The molecular formula is C13H17N3S. The Hall–Kier alpha value is -1.21. The van der Waals surface area contributed by atoms with Crippen molar-refractivity contribution in [3.05, 3.63) is 24.0 Å². The van der Waals surface area contributed by atoms with E-state index in [4.69, 9.17) is 5.26 Å². The van der Waals surface area contributed by atoms with Gasteiger partial charge in [-0.2, -0.15) is 17.0 Å². The van der Waals surface area contributed by atoms with E-state index < -0.39 is 0 Å². The molecule has 0 amide bonds. The molecule has 0 spiro atoms. The van der Waals surface area contributed by atoms with Crippen LogP contribution in [0.1, 0.15) is 31.9 Å². The van der Waals surface area contributed by atoms with Gasteiger partial charge in [-0.15, -0.1) is 0 Å². The molecule has 90 valence electrons. The predicted octanol–water partition coefficient (Wildman–Crippen LogP) is 3.04. The zero-order valence-corrected chi connectivity index (χ0v) is 10.8. The summed E-state index contributed by atoms with van der Waals surface area (Å²) >= 11 is 2.06. The molecule has 1 aliphatic rings. The van der Waals surface area contributed by atoms with Crippen LogP contribution in [0.25, 0.3) is 0 Å². The molecule has 4 heteroatoms. The first-order valence-electron chi connectivity index (χ1n) is 6.06. The van der Waals surface area contributed by atoms with Crippen molar-refractivity contribution in [2.75, 3.05) is 11.1 Å². The van der Waals surface area contributed by atoms with Crippen LogP contribution in [0.3, 0.4) is 0 Å². The van der Waals surface area contributed by atoms with Gasteiger partial charge in [0, 0.05) is 11.3 Å². The number of pyridine rings is 1. The number of anilines is 1. The van der Waals surface area contributed by atoms with E-state index in [2.05, 4.69) is 29.0 Å². The maximum atomic E-state index is 8.67. The molecule has 1 saturated carbocycles. The summed E-state index contributed by atoms with van der Waals surface area (Å²) in [5.41, 5.74) is 1.50. The van der Waals surface area contributed by atoms with E-state index in [1.807, 2.05) is 12.1 Å². The van der Waals surface area contributed by atoms with Crippen molar-refractivity contribution >= 4 is 17.4 Å². The van der Waals surface area contributed by atoms with Crippen LogP contribution in [-0.4, -0.2) is 22.0 Å². The van der Waals surface area contributed by atoms with Crippen molar-refractivity contribution in [1.29, 1.82) is 5.26 Å². The van der Waals surface area contributed by atoms with E-state index in [-0.39, 0.29) is 0 Å². The summed E-state index contributed by atoms with van der Waals surface area (Å²) < 4.78 is 0. The number of thioether (sulfide) groups is 1. The van der Waals surface area contributed by atoms with E-state index in [9.17, 15) is 0 Å². The summed E-state index contributed by atoms with van der Waals surface area (Å²) in [5.74, 6) is 1.20. The minimum atomic E-state index is 0.474. The van der Waals surface area contributed by atoms with Crippen LogP contribution in [0.2, 0.25) is 0 Å². The predicted molar refractivity (Wildman–Crippen MR) is 72.1 cm³/mol. The summed E-state index contributed by atoms with van der Waals surface area (Å²) in [5, 5.41) is 13.0. The third-order valence-corrected chi connectivity index (χ3v) is 4.27.